The maximum atomic E-state index is 11.7. The number of thiophene rings is 1. The molecule has 1 N–H and O–H groups in total. The van der Waals surface area contributed by atoms with Gasteiger partial charge in [0.15, 0.2) is 4.88 Å². The fourth-order valence-corrected chi connectivity index (χ4v) is 3.93. The highest BCUT2D eigenvalue weighted by Crippen LogP contribution is 2.35. The smallest absolute Gasteiger partial charge is 0.349 e. The van der Waals surface area contributed by atoms with Gasteiger partial charge in [-0.3, -0.25) is 4.57 Å². The summed E-state index contributed by atoms with van der Waals surface area (Å²) in [6, 6.07) is 15.0. The van der Waals surface area contributed by atoms with Crippen LogP contribution in [0.1, 0.15) is 20.8 Å². The second-order valence-electron chi connectivity index (χ2n) is 6.15. The lowest BCUT2D eigenvalue weighted by atomic mass is 10.1. The number of ether oxygens (including phenoxy) is 1. The Bertz CT molecular complexity index is 1170. The lowest BCUT2D eigenvalue weighted by Crippen LogP contribution is -2.01. The van der Waals surface area contributed by atoms with Gasteiger partial charge < -0.3 is 14.0 Å². The molecular weight excluding hydrogens is 396 g/mol. The number of rotatable bonds is 6. The first-order chi connectivity index (χ1) is 13.6. The number of thiol groups is 1. The summed E-state index contributed by atoms with van der Waals surface area (Å²) in [5.74, 6) is -0.0973. The molecule has 0 spiro atoms. The number of imidazole rings is 1. The Morgan fingerprint density at radius 3 is 2.82 bits per heavy atom. The van der Waals surface area contributed by atoms with Gasteiger partial charge in [0.25, 0.3) is 0 Å². The van der Waals surface area contributed by atoms with Crippen molar-refractivity contribution in [2.75, 3.05) is 0 Å². The first-order valence-corrected chi connectivity index (χ1v) is 9.58. The Morgan fingerprint density at radius 2 is 2.07 bits per heavy atom. The maximum Gasteiger partial charge on any atom is 0.349 e. The number of carboxylic acid groups (broad SMARTS) is 1. The highest BCUT2D eigenvalue weighted by Gasteiger charge is 2.19. The Labute approximate surface area is 170 Å². The molecule has 8 heteroatoms. The van der Waals surface area contributed by atoms with Crippen molar-refractivity contribution < 1.29 is 18.8 Å². The third-order valence-corrected chi connectivity index (χ3v) is 5.70. The number of fused-ring (bicyclic) bond motifs is 1. The maximum absolute atomic E-state index is 11.7. The number of nitrogens with zero attached hydrogens (tertiary/aromatic N) is 2. The molecule has 0 aliphatic heterocycles. The molecule has 0 aliphatic rings. The third kappa shape index (κ3) is 3.44. The van der Waals surface area contributed by atoms with E-state index in [1.54, 1.807) is 24.5 Å². The van der Waals surface area contributed by atoms with Gasteiger partial charge in [-0.2, -0.15) is 0 Å². The van der Waals surface area contributed by atoms with Crippen LogP contribution in [0.15, 0.2) is 54.9 Å². The van der Waals surface area contributed by atoms with Crippen LogP contribution in [0.5, 0.6) is 11.5 Å². The van der Waals surface area contributed by atoms with Gasteiger partial charge in [0.2, 0.25) is 0 Å². The number of carboxylic acids is 1. The van der Waals surface area contributed by atoms with Gasteiger partial charge >= 0.3 is 5.97 Å². The van der Waals surface area contributed by atoms with Crippen LogP contribution >= 0.6 is 24.2 Å². The molecule has 0 atom stereocenters. The minimum absolute atomic E-state index is 0.153. The molecule has 0 radical (unpaired) electrons. The van der Waals surface area contributed by atoms with Gasteiger partial charge in [0.1, 0.15) is 29.4 Å². The summed E-state index contributed by atoms with van der Waals surface area (Å²) < 4.78 is 12.6. The average Bonchev–Trinajstić information content (AvgIpc) is 3.30. The summed E-state index contributed by atoms with van der Waals surface area (Å²) in [6.07, 6.45) is 1.65. The molecule has 2 aromatic heterocycles. The molecule has 0 unspecified atom stereocenters. The van der Waals surface area contributed by atoms with E-state index >= 15 is 0 Å². The SMILES string of the molecule is Cc1ccccc1COc1cc(-n2cnc3cc(OS)ccc32)sc1C(=O)O. The first-order valence-electron chi connectivity index (χ1n) is 8.40. The summed E-state index contributed by atoms with van der Waals surface area (Å²) in [4.78, 5) is 16.2. The molecule has 28 heavy (non-hydrogen) atoms. The van der Waals surface area contributed by atoms with E-state index in [0.29, 0.717) is 23.1 Å². The summed E-state index contributed by atoms with van der Waals surface area (Å²) in [7, 11) is 0. The zero-order valence-electron chi connectivity index (χ0n) is 14.8. The van der Waals surface area contributed by atoms with Crippen molar-refractivity contribution in [3.63, 3.8) is 0 Å². The highest BCUT2D eigenvalue weighted by molar-refractivity contribution is 7.75. The molecule has 0 bridgehead atoms. The van der Waals surface area contributed by atoms with Crippen LogP contribution in [0.3, 0.4) is 0 Å². The summed E-state index contributed by atoms with van der Waals surface area (Å²) in [5, 5.41) is 10.3. The lowest BCUT2D eigenvalue weighted by molar-refractivity contribution is 0.0697. The van der Waals surface area contributed by atoms with E-state index in [4.69, 9.17) is 8.92 Å². The van der Waals surface area contributed by atoms with Gasteiger partial charge in [-0.15, -0.1) is 11.3 Å². The Kier molecular flexibility index (Phi) is 4.97. The number of hydrogen-bond acceptors (Lipinski definition) is 6. The fourth-order valence-electron chi connectivity index (χ4n) is 2.89. The van der Waals surface area contributed by atoms with E-state index in [2.05, 4.69) is 17.9 Å². The molecule has 4 rings (SSSR count). The normalized spacial score (nSPS) is 10.9. The molecule has 2 aromatic carbocycles. The van der Waals surface area contributed by atoms with Crippen LogP contribution in [0.4, 0.5) is 0 Å². The van der Waals surface area contributed by atoms with Gasteiger partial charge in [-0.05, 0) is 30.2 Å². The van der Waals surface area contributed by atoms with Gasteiger partial charge in [0.05, 0.1) is 11.0 Å². The number of aryl methyl sites for hydroxylation is 1. The molecule has 0 saturated heterocycles. The van der Waals surface area contributed by atoms with Crippen LogP contribution in [0.25, 0.3) is 16.0 Å². The number of hydrogen-bond donors (Lipinski definition) is 2. The Morgan fingerprint density at radius 1 is 1.25 bits per heavy atom. The van der Waals surface area contributed by atoms with Crippen molar-refractivity contribution in [1.29, 1.82) is 0 Å². The van der Waals surface area contributed by atoms with Crippen molar-refractivity contribution >= 4 is 41.2 Å². The summed E-state index contributed by atoms with van der Waals surface area (Å²) in [5.41, 5.74) is 3.66. The molecule has 0 aliphatic carbocycles. The van der Waals surface area contributed by atoms with E-state index in [1.807, 2.05) is 41.8 Å². The van der Waals surface area contributed by atoms with Crippen LogP contribution in [-0.2, 0) is 6.61 Å². The van der Waals surface area contributed by atoms with E-state index in [-0.39, 0.29) is 4.88 Å². The monoisotopic (exact) mass is 412 g/mol. The van der Waals surface area contributed by atoms with Crippen LogP contribution in [0.2, 0.25) is 0 Å². The second-order valence-corrected chi connectivity index (χ2v) is 7.37. The van der Waals surface area contributed by atoms with E-state index in [0.717, 1.165) is 33.5 Å². The quantitative estimate of drug-likeness (QED) is 0.348. The molecule has 0 fully saturated rings. The largest absolute Gasteiger partial charge is 0.487 e. The number of carbonyl (C=O) groups is 1. The molecule has 4 aromatic rings. The topological polar surface area (TPSA) is 73.6 Å². The Hall–Kier alpha value is -2.97. The molecule has 0 amide bonds. The van der Waals surface area contributed by atoms with Crippen molar-refractivity contribution in [3.05, 3.63) is 70.9 Å². The van der Waals surface area contributed by atoms with Crippen molar-refractivity contribution in [3.8, 4) is 16.5 Å². The third-order valence-electron chi connectivity index (χ3n) is 4.39. The lowest BCUT2D eigenvalue weighted by Gasteiger charge is -2.07. The Balaban J connectivity index is 1.69. The van der Waals surface area contributed by atoms with Crippen molar-refractivity contribution in [1.82, 2.24) is 9.55 Å². The van der Waals surface area contributed by atoms with E-state index in [9.17, 15) is 9.90 Å². The fraction of sp³-hybridized carbons (Fsp3) is 0.100. The van der Waals surface area contributed by atoms with Gasteiger partial charge in [0, 0.05) is 25.0 Å². The summed E-state index contributed by atoms with van der Waals surface area (Å²) in [6.45, 7) is 2.30. The second kappa shape index (κ2) is 7.57. The molecule has 0 saturated carbocycles. The first kappa shape index (κ1) is 18.4. The average molecular weight is 412 g/mol. The highest BCUT2D eigenvalue weighted by atomic mass is 32.1. The van der Waals surface area contributed by atoms with Crippen LogP contribution in [0, 0.1) is 6.92 Å². The molecule has 2 heterocycles. The molecular formula is C20H16N2O4S2. The van der Waals surface area contributed by atoms with Crippen LogP contribution < -0.4 is 8.92 Å². The van der Waals surface area contributed by atoms with E-state index < -0.39 is 5.97 Å². The number of benzene rings is 2. The standard InChI is InChI=1S/C20H16N2O4S2/c1-12-4-2-3-5-13(12)10-25-17-9-18(28-19(17)20(23)24)22-11-21-15-8-14(26-27)6-7-16(15)22/h2-9,11,27H,10H2,1H3,(H,23,24). The number of aromatic nitrogens is 2. The number of aromatic carboxylic acids is 1. The minimum atomic E-state index is -1.02. The predicted molar refractivity (Wildman–Crippen MR) is 111 cm³/mol. The predicted octanol–water partition coefficient (Wildman–Crippen LogP) is 4.90. The molecule has 6 nitrogen and oxygen atoms in total. The van der Waals surface area contributed by atoms with Crippen molar-refractivity contribution in [2.24, 2.45) is 0 Å². The zero-order chi connectivity index (χ0) is 19.7. The van der Waals surface area contributed by atoms with Crippen LogP contribution in [-0.4, -0.2) is 20.6 Å². The van der Waals surface area contributed by atoms with Gasteiger partial charge in [-0.25, -0.2) is 9.78 Å². The zero-order valence-corrected chi connectivity index (χ0v) is 16.5. The van der Waals surface area contributed by atoms with Gasteiger partial charge in [-0.1, -0.05) is 24.3 Å². The molecule has 142 valence electrons. The summed E-state index contributed by atoms with van der Waals surface area (Å²) >= 11 is 4.94. The van der Waals surface area contributed by atoms with E-state index in [1.165, 1.54) is 0 Å². The van der Waals surface area contributed by atoms with Crippen molar-refractivity contribution in [2.45, 2.75) is 13.5 Å². The minimum Gasteiger partial charge on any atom is -0.487 e.